The Kier molecular flexibility index (Phi) is 11.7. The molecule has 0 spiro atoms. The molecular formula is C41H57N5O9S. The van der Waals surface area contributed by atoms with Gasteiger partial charge < -0.3 is 29.7 Å². The molecule has 2 unspecified atom stereocenters. The highest BCUT2D eigenvalue weighted by Gasteiger charge is 2.62. The largest absolute Gasteiger partial charge is 0.497 e. The number of alkyl carbamates (subject to hydrolysis) is 1. The van der Waals surface area contributed by atoms with E-state index in [4.69, 9.17) is 14.2 Å². The number of carbonyl (C=O) groups is 4. The van der Waals surface area contributed by atoms with E-state index in [2.05, 4.69) is 47.7 Å². The molecule has 2 heterocycles. The van der Waals surface area contributed by atoms with Crippen LogP contribution in [-0.2, 0) is 29.1 Å². The molecule has 6 rings (SSSR count). The number of nitrogens with one attached hydrogen (secondary N) is 3. The molecule has 2 aromatic rings. The van der Waals surface area contributed by atoms with Crippen LogP contribution in [0, 0.1) is 29.1 Å². The van der Waals surface area contributed by atoms with Gasteiger partial charge in [-0.1, -0.05) is 54.0 Å². The van der Waals surface area contributed by atoms with Crippen LogP contribution in [0.25, 0.3) is 10.8 Å². The minimum absolute atomic E-state index is 0.0277. The summed E-state index contributed by atoms with van der Waals surface area (Å²) >= 11 is 0. The lowest BCUT2D eigenvalue weighted by atomic mass is 9.75. The van der Waals surface area contributed by atoms with Crippen LogP contribution in [0.5, 0.6) is 11.6 Å². The summed E-state index contributed by atoms with van der Waals surface area (Å²) in [4.78, 5) is 62.2. The molecule has 14 nitrogen and oxygen atoms in total. The number of carbonyl (C=O) groups excluding carboxylic acids is 4. The van der Waals surface area contributed by atoms with Gasteiger partial charge in [0.2, 0.25) is 27.7 Å². The van der Waals surface area contributed by atoms with Gasteiger partial charge in [-0.15, -0.1) is 6.58 Å². The number of fused-ring (bicyclic) bond motifs is 1. The number of methoxy groups -OCH3 is 1. The fourth-order valence-electron chi connectivity index (χ4n) is 8.26. The van der Waals surface area contributed by atoms with Crippen molar-refractivity contribution in [2.45, 2.75) is 122 Å². The Labute approximate surface area is 329 Å². The summed E-state index contributed by atoms with van der Waals surface area (Å²) in [6.45, 7) is 15.6. The van der Waals surface area contributed by atoms with Crippen molar-refractivity contribution in [3.05, 3.63) is 43.1 Å². The van der Waals surface area contributed by atoms with Crippen LogP contribution in [0.2, 0.25) is 0 Å². The van der Waals surface area contributed by atoms with Crippen LogP contribution in [-0.4, -0.2) is 90.9 Å². The lowest BCUT2D eigenvalue weighted by Crippen LogP contribution is -2.60. The zero-order valence-electron chi connectivity index (χ0n) is 33.5. The van der Waals surface area contributed by atoms with Crippen molar-refractivity contribution in [2.75, 3.05) is 13.7 Å². The van der Waals surface area contributed by atoms with Crippen LogP contribution in [0.1, 0.15) is 86.5 Å². The van der Waals surface area contributed by atoms with Crippen LogP contribution in [0.15, 0.2) is 43.1 Å². The Morgan fingerprint density at radius 3 is 2.43 bits per heavy atom. The first-order valence-electron chi connectivity index (χ1n) is 19.7. The van der Waals surface area contributed by atoms with Gasteiger partial charge in [0.05, 0.1) is 18.9 Å². The minimum Gasteiger partial charge on any atom is -0.497 e. The van der Waals surface area contributed by atoms with Crippen molar-refractivity contribution >= 4 is 44.6 Å². The summed E-state index contributed by atoms with van der Waals surface area (Å²) in [6, 6.07) is 5.02. The second-order valence-electron chi connectivity index (χ2n) is 17.6. The van der Waals surface area contributed by atoms with Gasteiger partial charge in [-0.3, -0.25) is 19.1 Å². The molecule has 4 fully saturated rings. The molecule has 4 aliphatic rings. The maximum Gasteiger partial charge on any atom is 0.408 e. The van der Waals surface area contributed by atoms with Gasteiger partial charge in [0.25, 0.3) is 5.91 Å². The Hall–Kier alpha value is -4.40. The third-order valence-corrected chi connectivity index (χ3v) is 13.7. The normalized spacial score (nSPS) is 28.2. The molecular weight excluding hydrogens is 739 g/mol. The van der Waals surface area contributed by atoms with E-state index in [1.54, 1.807) is 19.4 Å². The van der Waals surface area contributed by atoms with Gasteiger partial charge in [-0.2, -0.15) is 0 Å². The van der Waals surface area contributed by atoms with Gasteiger partial charge in [-0.25, -0.2) is 18.2 Å². The van der Waals surface area contributed by atoms with E-state index >= 15 is 0 Å². The summed E-state index contributed by atoms with van der Waals surface area (Å²) < 4.78 is 45.5. The number of hydrogen-bond donors (Lipinski definition) is 3. The first kappa shape index (κ1) is 41.2. The highest BCUT2D eigenvalue weighted by Crippen LogP contribution is 2.46. The third-order valence-electron chi connectivity index (χ3n) is 11.9. The Morgan fingerprint density at radius 1 is 1.07 bits per heavy atom. The highest BCUT2D eigenvalue weighted by atomic mass is 32.2. The molecule has 0 bridgehead atoms. The maximum atomic E-state index is 14.8. The summed E-state index contributed by atoms with van der Waals surface area (Å²) in [5.74, 6) is -0.689. The van der Waals surface area contributed by atoms with Crippen molar-refractivity contribution in [1.29, 1.82) is 0 Å². The number of amides is 4. The Bertz CT molecular complexity index is 1960. The van der Waals surface area contributed by atoms with E-state index in [-0.39, 0.29) is 31.4 Å². The van der Waals surface area contributed by atoms with E-state index in [9.17, 15) is 27.6 Å². The van der Waals surface area contributed by atoms with Crippen LogP contribution in [0.4, 0.5) is 4.79 Å². The number of aromatic nitrogens is 1. The summed E-state index contributed by atoms with van der Waals surface area (Å²) in [7, 11) is -2.33. The molecule has 15 heteroatoms. The average molecular weight is 796 g/mol. The number of ether oxygens (including phenoxy) is 3. The number of nitrogens with zero attached hydrogens (tertiary/aromatic N) is 2. The van der Waals surface area contributed by atoms with Crippen molar-refractivity contribution in [1.82, 2.24) is 25.2 Å². The lowest BCUT2D eigenvalue weighted by molar-refractivity contribution is -0.143. The first-order chi connectivity index (χ1) is 26.4. The molecule has 306 valence electrons. The van der Waals surface area contributed by atoms with E-state index in [0.717, 1.165) is 24.6 Å². The zero-order valence-corrected chi connectivity index (χ0v) is 34.3. The van der Waals surface area contributed by atoms with Crippen molar-refractivity contribution in [2.24, 2.45) is 29.1 Å². The molecule has 56 heavy (non-hydrogen) atoms. The van der Waals surface area contributed by atoms with Crippen molar-refractivity contribution in [3.63, 3.8) is 0 Å². The van der Waals surface area contributed by atoms with Gasteiger partial charge in [0.1, 0.15) is 35.6 Å². The Morgan fingerprint density at radius 2 is 1.80 bits per heavy atom. The van der Waals surface area contributed by atoms with Crippen molar-refractivity contribution in [3.8, 4) is 11.6 Å². The predicted molar refractivity (Wildman–Crippen MR) is 210 cm³/mol. The van der Waals surface area contributed by atoms with Gasteiger partial charge in [-0.05, 0) is 84.9 Å². The van der Waals surface area contributed by atoms with E-state index in [0.29, 0.717) is 41.7 Å². The lowest BCUT2D eigenvalue weighted by Gasteiger charge is -2.38. The van der Waals surface area contributed by atoms with Crippen LogP contribution >= 0.6 is 0 Å². The fraction of sp³-hybridized carbons (Fsp3) is 0.634. The topological polar surface area (TPSA) is 182 Å². The monoisotopic (exact) mass is 795 g/mol. The van der Waals surface area contributed by atoms with Crippen LogP contribution in [0.3, 0.4) is 0 Å². The molecule has 3 saturated carbocycles. The summed E-state index contributed by atoms with van der Waals surface area (Å²) in [5.41, 5.74) is -2.37. The predicted octanol–water partition coefficient (Wildman–Crippen LogP) is 4.86. The second-order valence-corrected chi connectivity index (χ2v) is 19.5. The molecule has 1 aromatic heterocycles. The number of hydrogen-bond acceptors (Lipinski definition) is 10. The number of pyridine rings is 1. The quantitative estimate of drug-likeness (QED) is 0.237. The molecule has 3 aliphatic carbocycles. The molecule has 1 saturated heterocycles. The first-order valence-corrected chi connectivity index (χ1v) is 21.3. The maximum absolute atomic E-state index is 14.8. The van der Waals surface area contributed by atoms with E-state index in [1.807, 2.05) is 39.0 Å². The third kappa shape index (κ3) is 8.77. The molecule has 1 aromatic carbocycles. The molecule has 4 amide bonds. The number of likely N-dealkylation sites (tertiary alicyclic amines) is 1. The Balaban J connectivity index is 1.27. The van der Waals surface area contributed by atoms with E-state index in [1.165, 1.54) is 11.0 Å². The average Bonchev–Trinajstić information content (AvgIpc) is 4.06. The molecule has 1 aliphatic heterocycles. The summed E-state index contributed by atoms with van der Waals surface area (Å²) in [6.07, 6.45) is 5.22. The van der Waals surface area contributed by atoms with E-state index < -0.39 is 74.1 Å². The van der Waals surface area contributed by atoms with Gasteiger partial charge in [0, 0.05) is 23.9 Å². The zero-order chi connectivity index (χ0) is 40.7. The molecule has 3 N–H and O–H groups in total. The summed E-state index contributed by atoms with van der Waals surface area (Å²) in [5, 5.41) is 6.55. The number of rotatable bonds is 13. The fourth-order valence-corrected chi connectivity index (χ4v) is 9.62. The highest BCUT2D eigenvalue weighted by molar-refractivity contribution is 7.91. The number of sulfonamides is 1. The minimum atomic E-state index is -3.90. The second kappa shape index (κ2) is 15.9. The SMILES string of the molecule is C=C[C@@H]1CC1(NC(=O)[C@@H]1CC(Oc2nccc3cc(OC)ccc23)CN1C(=O)[C@@H](NC(=O)O[C@@H]1C[C@H](C)CC[C@H]1C(C)C)C(C)(C)C)C(=O)NS(=O)(=O)C1CC1. The van der Waals surface area contributed by atoms with Crippen LogP contribution < -0.4 is 24.8 Å². The van der Waals surface area contributed by atoms with Gasteiger partial charge >= 0.3 is 6.09 Å². The van der Waals surface area contributed by atoms with Crippen molar-refractivity contribution < 1.29 is 41.8 Å². The molecule has 8 atom stereocenters. The standard InChI is InChI=1S/C41H57N5O9S/c1-9-26-21-41(26,38(49)45-56(51,52)29-12-13-29)44-35(47)32-20-28(54-36-31-15-11-27(53-8)19-25(31)16-17-42-36)22-46(32)37(48)34(40(5,6)7)43-39(50)55-33-18-24(4)10-14-30(33)23(2)3/h9,11,15-17,19,23-24,26,28-30,32-34H,1,10,12-14,18,20-22H2,2-8H3,(H,43,50)(H,44,47)(H,45,49)/t24-,26-,28?,30+,32+,33-,34-,41?/m1/s1. The number of benzene rings is 1. The molecule has 0 radical (unpaired) electrons. The smallest absolute Gasteiger partial charge is 0.408 e. The van der Waals surface area contributed by atoms with Gasteiger partial charge in [0.15, 0.2) is 0 Å².